The third-order valence-corrected chi connectivity index (χ3v) is 3.14. The molecule has 21 heavy (non-hydrogen) atoms. The van der Waals surface area contributed by atoms with Crippen molar-refractivity contribution in [3.8, 4) is 23.1 Å². The highest BCUT2D eigenvalue weighted by atomic mass is 16.5. The van der Waals surface area contributed by atoms with Crippen LogP contribution in [-0.2, 0) is 7.05 Å². The van der Waals surface area contributed by atoms with Crippen LogP contribution in [0.1, 0.15) is 25.5 Å². The molecule has 2 rings (SSSR count). The van der Waals surface area contributed by atoms with Gasteiger partial charge in [0.25, 0.3) is 0 Å². The van der Waals surface area contributed by atoms with Crippen LogP contribution < -0.4 is 19.9 Å². The molecule has 0 fully saturated rings. The van der Waals surface area contributed by atoms with Crippen molar-refractivity contribution in [3.63, 3.8) is 0 Å². The van der Waals surface area contributed by atoms with Crippen LogP contribution in [0.3, 0.4) is 0 Å². The average Bonchev–Trinajstić information content (AvgIpc) is 2.75. The zero-order chi connectivity index (χ0) is 15.6. The van der Waals surface area contributed by atoms with Crippen molar-refractivity contribution in [2.45, 2.75) is 19.8 Å². The van der Waals surface area contributed by atoms with Crippen molar-refractivity contribution in [2.24, 2.45) is 7.05 Å². The molecule has 0 aliphatic carbocycles. The van der Waals surface area contributed by atoms with Crippen molar-refractivity contribution in [2.75, 3.05) is 20.0 Å². The summed E-state index contributed by atoms with van der Waals surface area (Å²) in [4.78, 5) is 0. The van der Waals surface area contributed by atoms with E-state index < -0.39 is 0 Å². The Morgan fingerprint density at radius 3 is 2.00 bits per heavy atom. The average molecular weight is 291 g/mol. The minimum Gasteiger partial charge on any atom is -0.496 e. The number of aryl methyl sites for hydroxylation is 1. The lowest BCUT2D eigenvalue weighted by Gasteiger charge is -2.10. The molecular formula is C15H21N3O3. The minimum atomic E-state index is 0.230. The standard InChI is InChI=1S/C15H21N3O3/c1-9(2)14-13(16)15(18(3)17-14)21-12-7-10(19-4)6-11(8-12)20-5/h6-9H,16H2,1-5H3. The zero-order valence-electron chi connectivity index (χ0n) is 13.0. The molecule has 0 unspecified atom stereocenters. The van der Waals surface area contributed by atoms with Gasteiger partial charge in [0.2, 0.25) is 5.88 Å². The summed E-state index contributed by atoms with van der Waals surface area (Å²) < 4.78 is 18.0. The van der Waals surface area contributed by atoms with Gasteiger partial charge in [0.15, 0.2) is 0 Å². The predicted molar refractivity (Wildman–Crippen MR) is 81.3 cm³/mol. The summed E-state index contributed by atoms with van der Waals surface area (Å²) in [6.07, 6.45) is 0. The summed E-state index contributed by atoms with van der Waals surface area (Å²) in [6.45, 7) is 4.08. The fourth-order valence-electron chi connectivity index (χ4n) is 2.04. The van der Waals surface area contributed by atoms with E-state index in [1.165, 1.54) is 0 Å². The van der Waals surface area contributed by atoms with E-state index in [-0.39, 0.29) is 5.92 Å². The second-order valence-electron chi connectivity index (χ2n) is 5.03. The fourth-order valence-corrected chi connectivity index (χ4v) is 2.04. The maximum atomic E-state index is 6.12. The van der Waals surface area contributed by atoms with Crippen molar-refractivity contribution < 1.29 is 14.2 Å². The van der Waals surface area contributed by atoms with Crippen LogP contribution in [0, 0.1) is 0 Å². The molecule has 6 heteroatoms. The van der Waals surface area contributed by atoms with Crippen LogP contribution in [0.15, 0.2) is 18.2 Å². The van der Waals surface area contributed by atoms with Gasteiger partial charge in [-0.1, -0.05) is 13.8 Å². The number of methoxy groups -OCH3 is 2. The van der Waals surface area contributed by atoms with Crippen LogP contribution in [0.25, 0.3) is 0 Å². The van der Waals surface area contributed by atoms with Gasteiger partial charge >= 0.3 is 0 Å². The molecule has 0 atom stereocenters. The minimum absolute atomic E-state index is 0.230. The third kappa shape index (κ3) is 3.04. The number of nitrogen functional groups attached to an aromatic ring is 1. The normalized spacial score (nSPS) is 10.8. The number of anilines is 1. The van der Waals surface area contributed by atoms with E-state index in [0.717, 1.165) is 5.69 Å². The van der Waals surface area contributed by atoms with Crippen molar-refractivity contribution >= 4 is 5.69 Å². The van der Waals surface area contributed by atoms with Crippen LogP contribution in [-0.4, -0.2) is 24.0 Å². The highest BCUT2D eigenvalue weighted by molar-refractivity contribution is 5.56. The lowest BCUT2D eigenvalue weighted by Crippen LogP contribution is -1.98. The topological polar surface area (TPSA) is 71.5 Å². The Bertz CT molecular complexity index is 613. The molecule has 0 aliphatic heterocycles. The number of ether oxygens (including phenoxy) is 3. The zero-order valence-corrected chi connectivity index (χ0v) is 13.0. The molecule has 0 aliphatic rings. The lowest BCUT2D eigenvalue weighted by atomic mass is 10.1. The summed E-state index contributed by atoms with van der Waals surface area (Å²) >= 11 is 0. The molecule has 2 aromatic rings. The van der Waals surface area contributed by atoms with Gasteiger partial charge in [0.1, 0.15) is 22.9 Å². The van der Waals surface area contributed by atoms with Crippen molar-refractivity contribution in [3.05, 3.63) is 23.9 Å². The van der Waals surface area contributed by atoms with E-state index in [1.807, 2.05) is 13.8 Å². The molecule has 0 saturated carbocycles. The Balaban J connectivity index is 2.38. The number of hydrogen-bond donors (Lipinski definition) is 1. The summed E-state index contributed by atoms with van der Waals surface area (Å²) in [5.74, 6) is 2.61. The second kappa shape index (κ2) is 5.95. The monoisotopic (exact) mass is 291 g/mol. The van der Waals surface area contributed by atoms with E-state index in [4.69, 9.17) is 19.9 Å². The summed E-state index contributed by atoms with van der Waals surface area (Å²) in [5, 5.41) is 4.40. The van der Waals surface area contributed by atoms with E-state index in [9.17, 15) is 0 Å². The first-order valence-electron chi connectivity index (χ1n) is 6.69. The van der Waals surface area contributed by atoms with Gasteiger partial charge in [0.05, 0.1) is 19.9 Å². The molecular weight excluding hydrogens is 270 g/mol. The van der Waals surface area contributed by atoms with E-state index in [0.29, 0.717) is 28.8 Å². The van der Waals surface area contributed by atoms with Gasteiger partial charge in [-0.2, -0.15) is 5.10 Å². The molecule has 6 nitrogen and oxygen atoms in total. The van der Waals surface area contributed by atoms with E-state index >= 15 is 0 Å². The molecule has 0 radical (unpaired) electrons. The highest BCUT2D eigenvalue weighted by Crippen LogP contribution is 2.35. The maximum Gasteiger partial charge on any atom is 0.241 e. The fraction of sp³-hybridized carbons (Fsp3) is 0.400. The van der Waals surface area contributed by atoms with Crippen molar-refractivity contribution in [1.82, 2.24) is 9.78 Å². The first-order valence-corrected chi connectivity index (χ1v) is 6.69. The molecule has 2 N–H and O–H groups in total. The lowest BCUT2D eigenvalue weighted by molar-refractivity contribution is 0.381. The van der Waals surface area contributed by atoms with Gasteiger partial charge in [-0.25, -0.2) is 4.68 Å². The van der Waals surface area contributed by atoms with Gasteiger partial charge in [-0.05, 0) is 5.92 Å². The van der Waals surface area contributed by atoms with Crippen LogP contribution in [0.5, 0.6) is 23.1 Å². The molecule has 0 amide bonds. The molecule has 1 heterocycles. The molecule has 1 aromatic heterocycles. The molecule has 0 bridgehead atoms. The first kappa shape index (κ1) is 15.0. The Morgan fingerprint density at radius 2 is 1.57 bits per heavy atom. The van der Waals surface area contributed by atoms with Gasteiger partial charge in [0, 0.05) is 25.2 Å². The number of aromatic nitrogens is 2. The SMILES string of the molecule is COc1cc(OC)cc(Oc2c(N)c(C(C)C)nn2C)c1. The third-order valence-electron chi connectivity index (χ3n) is 3.14. The van der Waals surface area contributed by atoms with Crippen LogP contribution >= 0.6 is 0 Å². The Hall–Kier alpha value is -2.37. The molecule has 0 spiro atoms. The molecule has 114 valence electrons. The summed E-state index contributed by atoms with van der Waals surface area (Å²) in [6, 6.07) is 5.31. The number of nitrogens with two attached hydrogens (primary N) is 1. The Labute approximate surface area is 124 Å². The van der Waals surface area contributed by atoms with Gasteiger partial charge in [-0.3, -0.25) is 0 Å². The summed E-state index contributed by atoms with van der Waals surface area (Å²) in [7, 11) is 4.98. The maximum absolute atomic E-state index is 6.12. The quantitative estimate of drug-likeness (QED) is 0.917. The van der Waals surface area contributed by atoms with Crippen molar-refractivity contribution in [1.29, 1.82) is 0 Å². The largest absolute Gasteiger partial charge is 0.496 e. The first-order chi connectivity index (χ1) is 9.96. The summed E-state index contributed by atoms with van der Waals surface area (Å²) in [5.41, 5.74) is 7.50. The predicted octanol–water partition coefficient (Wildman–Crippen LogP) is 2.94. The number of hydrogen-bond acceptors (Lipinski definition) is 5. The second-order valence-corrected chi connectivity index (χ2v) is 5.03. The number of rotatable bonds is 5. The van der Waals surface area contributed by atoms with Gasteiger partial charge in [-0.15, -0.1) is 0 Å². The molecule has 0 saturated heterocycles. The van der Waals surface area contributed by atoms with Crippen LogP contribution in [0.4, 0.5) is 5.69 Å². The van der Waals surface area contributed by atoms with Gasteiger partial charge < -0.3 is 19.9 Å². The van der Waals surface area contributed by atoms with Crippen LogP contribution in [0.2, 0.25) is 0 Å². The van der Waals surface area contributed by atoms with E-state index in [2.05, 4.69) is 5.10 Å². The Kier molecular flexibility index (Phi) is 4.26. The molecule has 1 aromatic carbocycles. The van der Waals surface area contributed by atoms with E-state index in [1.54, 1.807) is 44.1 Å². The highest BCUT2D eigenvalue weighted by Gasteiger charge is 2.18. The number of benzene rings is 1. The smallest absolute Gasteiger partial charge is 0.241 e. The number of nitrogens with zero attached hydrogens (tertiary/aromatic N) is 2. The Morgan fingerprint density at radius 1 is 1.05 bits per heavy atom.